The Morgan fingerprint density at radius 1 is 1.38 bits per heavy atom. The summed E-state index contributed by atoms with van der Waals surface area (Å²) in [6.45, 7) is 8.09. The van der Waals surface area contributed by atoms with Gasteiger partial charge in [0.15, 0.2) is 5.82 Å². The fourth-order valence-corrected chi connectivity index (χ4v) is 0.830. The van der Waals surface area contributed by atoms with Gasteiger partial charge in [0, 0.05) is 5.92 Å². The van der Waals surface area contributed by atoms with Gasteiger partial charge in [-0.25, -0.2) is 0 Å². The SMILES string of the molecule is CNC(C)(C)c1nc(C(C)C)no1. The van der Waals surface area contributed by atoms with Crippen molar-refractivity contribution in [1.29, 1.82) is 0 Å². The Morgan fingerprint density at radius 3 is 2.38 bits per heavy atom. The summed E-state index contributed by atoms with van der Waals surface area (Å²) in [5.74, 6) is 1.71. The number of aromatic nitrogens is 2. The lowest BCUT2D eigenvalue weighted by atomic mass is 10.1. The molecule has 74 valence electrons. The van der Waals surface area contributed by atoms with Gasteiger partial charge in [0.05, 0.1) is 5.54 Å². The van der Waals surface area contributed by atoms with E-state index in [9.17, 15) is 0 Å². The summed E-state index contributed by atoms with van der Waals surface area (Å²) in [4.78, 5) is 4.31. The van der Waals surface area contributed by atoms with Crippen molar-refractivity contribution in [3.8, 4) is 0 Å². The van der Waals surface area contributed by atoms with Crippen LogP contribution in [-0.2, 0) is 5.54 Å². The van der Waals surface area contributed by atoms with Crippen LogP contribution in [0.4, 0.5) is 0 Å². The molecule has 0 unspecified atom stereocenters. The van der Waals surface area contributed by atoms with Crippen LogP contribution < -0.4 is 5.32 Å². The molecule has 0 aliphatic carbocycles. The molecule has 0 spiro atoms. The van der Waals surface area contributed by atoms with Gasteiger partial charge in [-0.3, -0.25) is 0 Å². The number of hydrogen-bond acceptors (Lipinski definition) is 4. The third kappa shape index (κ3) is 2.06. The maximum absolute atomic E-state index is 5.16. The number of rotatable bonds is 3. The lowest BCUT2D eigenvalue weighted by Crippen LogP contribution is -2.33. The van der Waals surface area contributed by atoms with E-state index in [1.807, 2.05) is 34.7 Å². The zero-order valence-corrected chi connectivity index (χ0v) is 8.88. The lowest BCUT2D eigenvalue weighted by molar-refractivity contribution is 0.279. The molecule has 13 heavy (non-hydrogen) atoms. The van der Waals surface area contributed by atoms with Gasteiger partial charge >= 0.3 is 0 Å². The van der Waals surface area contributed by atoms with Crippen molar-refractivity contribution in [2.24, 2.45) is 0 Å². The molecule has 4 nitrogen and oxygen atoms in total. The van der Waals surface area contributed by atoms with Crippen LogP contribution in [0.25, 0.3) is 0 Å². The largest absolute Gasteiger partial charge is 0.337 e. The Bertz CT molecular complexity index is 278. The van der Waals surface area contributed by atoms with E-state index in [2.05, 4.69) is 15.5 Å². The fourth-order valence-electron chi connectivity index (χ4n) is 0.830. The average Bonchev–Trinajstić information content (AvgIpc) is 2.52. The van der Waals surface area contributed by atoms with Crippen LogP contribution in [0.2, 0.25) is 0 Å². The maximum Gasteiger partial charge on any atom is 0.246 e. The normalized spacial score (nSPS) is 12.5. The van der Waals surface area contributed by atoms with Gasteiger partial charge in [-0.05, 0) is 20.9 Å². The van der Waals surface area contributed by atoms with Gasteiger partial charge in [-0.15, -0.1) is 0 Å². The standard InChI is InChI=1S/C9H17N3O/c1-6(2)7-11-8(13-12-7)9(3,4)10-5/h6,10H,1-5H3. The van der Waals surface area contributed by atoms with E-state index in [1.54, 1.807) is 0 Å². The van der Waals surface area contributed by atoms with Crippen LogP contribution in [0.1, 0.15) is 45.3 Å². The number of nitrogens with zero attached hydrogens (tertiary/aromatic N) is 2. The highest BCUT2D eigenvalue weighted by atomic mass is 16.5. The monoisotopic (exact) mass is 183 g/mol. The quantitative estimate of drug-likeness (QED) is 0.774. The van der Waals surface area contributed by atoms with Gasteiger partial charge in [0.2, 0.25) is 5.89 Å². The molecular weight excluding hydrogens is 166 g/mol. The molecule has 1 heterocycles. The van der Waals surface area contributed by atoms with Crippen LogP contribution in [0.3, 0.4) is 0 Å². The molecule has 0 bridgehead atoms. The molecule has 1 N–H and O–H groups in total. The highest BCUT2D eigenvalue weighted by molar-refractivity contribution is 5.00. The third-order valence-corrected chi connectivity index (χ3v) is 2.12. The minimum atomic E-state index is -0.250. The molecule has 0 atom stereocenters. The van der Waals surface area contributed by atoms with Gasteiger partial charge in [-0.2, -0.15) is 4.98 Å². The summed E-state index contributed by atoms with van der Waals surface area (Å²) in [5, 5.41) is 7.02. The van der Waals surface area contributed by atoms with Gasteiger partial charge < -0.3 is 9.84 Å². The van der Waals surface area contributed by atoms with Crippen LogP contribution in [-0.4, -0.2) is 17.2 Å². The molecule has 0 aliphatic rings. The van der Waals surface area contributed by atoms with E-state index in [0.717, 1.165) is 5.82 Å². The Labute approximate surface area is 78.7 Å². The summed E-state index contributed by atoms with van der Waals surface area (Å²) >= 11 is 0. The molecule has 0 fully saturated rings. The molecule has 0 saturated heterocycles. The van der Waals surface area contributed by atoms with Crippen LogP contribution in [0.15, 0.2) is 4.52 Å². The highest BCUT2D eigenvalue weighted by Gasteiger charge is 2.25. The highest BCUT2D eigenvalue weighted by Crippen LogP contribution is 2.19. The second kappa shape index (κ2) is 3.46. The first-order valence-electron chi connectivity index (χ1n) is 4.50. The van der Waals surface area contributed by atoms with Gasteiger partial charge in [0.1, 0.15) is 0 Å². The smallest absolute Gasteiger partial charge is 0.246 e. The molecular formula is C9H17N3O. The first kappa shape index (κ1) is 10.2. The molecule has 4 heteroatoms. The van der Waals surface area contributed by atoms with Crippen molar-refractivity contribution in [3.05, 3.63) is 11.7 Å². The summed E-state index contributed by atoms with van der Waals surface area (Å²) in [6.07, 6.45) is 0. The fraction of sp³-hybridized carbons (Fsp3) is 0.778. The van der Waals surface area contributed by atoms with E-state index in [0.29, 0.717) is 11.8 Å². The van der Waals surface area contributed by atoms with Gasteiger partial charge in [0.25, 0.3) is 0 Å². The Balaban J connectivity index is 2.91. The predicted molar refractivity (Wildman–Crippen MR) is 50.5 cm³/mol. The first-order valence-corrected chi connectivity index (χ1v) is 4.50. The maximum atomic E-state index is 5.16. The molecule has 0 saturated carbocycles. The summed E-state index contributed by atoms with van der Waals surface area (Å²) in [6, 6.07) is 0. The first-order chi connectivity index (χ1) is 5.97. The molecule has 0 amide bonds. The Kier molecular flexibility index (Phi) is 2.71. The molecule has 0 aliphatic heterocycles. The van der Waals surface area contributed by atoms with Crippen LogP contribution in [0, 0.1) is 0 Å². The second-order valence-corrected chi connectivity index (χ2v) is 3.99. The minimum absolute atomic E-state index is 0.250. The summed E-state index contributed by atoms with van der Waals surface area (Å²) < 4.78 is 5.16. The average molecular weight is 183 g/mol. The Morgan fingerprint density at radius 2 is 2.00 bits per heavy atom. The van der Waals surface area contributed by atoms with Crippen molar-refractivity contribution < 1.29 is 4.52 Å². The predicted octanol–water partition coefficient (Wildman–Crippen LogP) is 1.65. The van der Waals surface area contributed by atoms with E-state index < -0.39 is 0 Å². The van der Waals surface area contributed by atoms with Crippen molar-refractivity contribution >= 4 is 0 Å². The number of hydrogen-bond donors (Lipinski definition) is 1. The minimum Gasteiger partial charge on any atom is -0.337 e. The van der Waals surface area contributed by atoms with Crippen molar-refractivity contribution in [3.63, 3.8) is 0 Å². The third-order valence-electron chi connectivity index (χ3n) is 2.12. The van der Waals surface area contributed by atoms with Crippen LogP contribution >= 0.6 is 0 Å². The van der Waals surface area contributed by atoms with E-state index in [-0.39, 0.29) is 5.54 Å². The van der Waals surface area contributed by atoms with Crippen LogP contribution in [0.5, 0.6) is 0 Å². The van der Waals surface area contributed by atoms with Crippen molar-refractivity contribution in [2.75, 3.05) is 7.05 Å². The molecule has 1 rings (SSSR count). The summed E-state index contributed by atoms with van der Waals surface area (Å²) in [7, 11) is 1.87. The second-order valence-electron chi connectivity index (χ2n) is 3.99. The van der Waals surface area contributed by atoms with E-state index >= 15 is 0 Å². The molecule has 0 radical (unpaired) electrons. The molecule has 0 aromatic carbocycles. The van der Waals surface area contributed by atoms with Gasteiger partial charge in [-0.1, -0.05) is 19.0 Å². The zero-order chi connectivity index (χ0) is 10.1. The van der Waals surface area contributed by atoms with E-state index in [4.69, 9.17) is 4.52 Å². The Hall–Kier alpha value is -0.900. The molecule has 1 aromatic rings. The molecule has 1 aromatic heterocycles. The zero-order valence-electron chi connectivity index (χ0n) is 8.88. The summed E-state index contributed by atoms with van der Waals surface area (Å²) in [5.41, 5.74) is -0.250. The topological polar surface area (TPSA) is 51.0 Å². The van der Waals surface area contributed by atoms with E-state index in [1.165, 1.54) is 0 Å². The number of nitrogens with one attached hydrogen (secondary N) is 1. The van der Waals surface area contributed by atoms with Crippen molar-refractivity contribution in [1.82, 2.24) is 15.5 Å². The lowest BCUT2D eigenvalue weighted by Gasteiger charge is -2.17. The van der Waals surface area contributed by atoms with Crippen molar-refractivity contribution in [2.45, 2.75) is 39.2 Å².